The minimum absolute atomic E-state index is 0. The van der Waals surface area contributed by atoms with E-state index in [0.717, 1.165) is 0 Å². The average Bonchev–Trinajstić information content (AvgIpc) is 2.20. The summed E-state index contributed by atoms with van der Waals surface area (Å²) in [5.74, 6) is 0. The molecular formula is C10H15O3PZn. The first-order valence-corrected chi connectivity index (χ1v) is 6.22. The van der Waals surface area contributed by atoms with Gasteiger partial charge < -0.3 is 9.05 Å². The predicted molar refractivity (Wildman–Crippen MR) is 56.9 cm³/mol. The molecule has 1 aromatic carbocycles. The Kier molecular flexibility index (Phi) is 7.29. The minimum Gasteiger partial charge on any atom is -0.305 e. The van der Waals surface area contributed by atoms with Crippen LogP contribution in [-0.4, -0.2) is 13.2 Å². The zero-order valence-corrected chi connectivity index (χ0v) is 13.0. The molecule has 0 unspecified atom stereocenters. The molecule has 5 heteroatoms. The van der Waals surface area contributed by atoms with Gasteiger partial charge in [0.2, 0.25) is 0 Å². The van der Waals surface area contributed by atoms with Crippen LogP contribution in [0.25, 0.3) is 0 Å². The number of benzene rings is 1. The van der Waals surface area contributed by atoms with E-state index in [1.807, 2.05) is 18.2 Å². The van der Waals surface area contributed by atoms with Crippen LogP contribution in [0.15, 0.2) is 30.3 Å². The largest absolute Gasteiger partial charge is 0.361 e. The van der Waals surface area contributed by atoms with Gasteiger partial charge in [0.1, 0.15) is 0 Å². The summed E-state index contributed by atoms with van der Waals surface area (Å²) in [5, 5.41) is 0.615. The molecule has 80 valence electrons. The van der Waals surface area contributed by atoms with Crippen LogP contribution in [-0.2, 0) is 33.1 Å². The van der Waals surface area contributed by atoms with Crippen molar-refractivity contribution < 1.29 is 33.1 Å². The van der Waals surface area contributed by atoms with E-state index in [0.29, 0.717) is 18.5 Å². The molecule has 0 spiro atoms. The SMILES string of the molecule is CCOP(=O)(OCC)c1ccccc1.[Zn]. The third-order valence-electron chi connectivity index (χ3n) is 1.67. The van der Waals surface area contributed by atoms with Crippen molar-refractivity contribution in [2.45, 2.75) is 13.8 Å². The number of rotatable bonds is 5. The van der Waals surface area contributed by atoms with Gasteiger partial charge >= 0.3 is 7.60 Å². The van der Waals surface area contributed by atoms with Gasteiger partial charge in [0, 0.05) is 19.5 Å². The first-order valence-electron chi connectivity index (χ1n) is 4.67. The van der Waals surface area contributed by atoms with Gasteiger partial charge in [-0.15, -0.1) is 0 Å². The average molecular weight is 280 g/mol. The Morgan fingerprint density at radius 3 is 1.93 bits per heavy atom. The van der Waals surface area contributed by atoms with E-state index >= 15 is 0 Å². The van der Waals surface area contributed by atoms with Crippen molar-refractivity contribution in [1.29, 1.82) is 0 Å². The molecular weight excluding hydrogens is 264 g/mol. The standard InChI is InChI=1S/C10H15O3P.Zn/c1-3-12-14(11,13-4-2)10-8-6-5-7-9-10;/h5-9H,3-4H2,1-2H3;. The topological polar surface area (TPSA) is 35.5 Å². The number of hydrogen-bond acceptors (Lipinski definition) is 3. The van der Waals surface area contributed by atoms with E-state index in [1.54, 1.807) is 26.0 Å². The van der Waals surface area contributed by atoms with E-state index in [4.69, 9.17) is 9.05 Å². The quantitative estimate of drug-likeness (QED) is 0.614. The molecule has 0 atom stereocenters. The summed E-state index contributed by atoms with van der Waals surface area (Å²) < 4.78 is 22.5. The molecule has 0 radical (unpaired) electrons. The Morgan fingerprint density at radius 1 is 1.07 bits per heavy atom. The second kappa shape index (κ2) is 7.30. The molecule has 0 heterocycles. The summed E-state index contributed by atoms with van der Waals surface area (Å²) in [6, 6.07) is 9.02. The third-order valence-corrected chi connectivity index (χ3v) is 3.80. The molecule has 0 aliphatic carbocycles. The van der Waals surface area contributed by atoms with Gasteiger partial charge in [0.05, 0.1) is 18.5 Å². The maximum absolute atomic E-state index is 12.2. The maximum Gasteiger partial charge on any atom is 0.361 e. The fourth-order valence-electron chi connectivity index (χ4n) is 1.14. The smallest absolute Gasteiger partial charge is 0.305 e. The van der Waals surface area contributed by atoms with E-state index in [9.17, 15) is 4.57 Å². The van der Waals surface area contributed by atoms with Crippen molar-refractivity contribution >= 4 is 12.9 Å². The van der Waals surface area contributed by atoms with Crippen LogP contribution in [0.3, 0.4) is 0 Å². The van der Waals surface area contributed by atoms with Crippen LogP contribution in [0.4, 0.5) is 0 Å². The van der Waals surface area contributed by atoms with Crippen molar-refractivity contribution in [2.24, 2.45) is 0 Å². The number of hydrogen-bond donors (Lipinski definition) is 0. The summed E-state index contributed by atoms with van der Waals surface area (Å²) in [5.41, 5.74) is 0. The van der Waals surface area contributed by atoms with Crippen LogP contribution in [0.1, 0.15) is 13.8 Å². The monoisotopic (exact) mass is 278 g/mol. The van der Waals surface area contributed by atoms with E-state index in [-0.39, 0.29) is 19.5 Å². The van der Waals surface area contributed by atoms with Gasteiger partial charge in [-0.1, -0.05) is 18.2 Å². The van der Waals surface area contributed by atoms with Gasteiger partial charge in [0.15, 0.2) is 0 Å². The van der Waals surface area contributed by atoms with Crippen molar-refractivity contribution in [3.05, 3.63) is 30.3 Å². The second-order valence-electron chi connectivity index (χ2n) is 2.67. The van der Waals surface area contributed by atoms with Gasteiger partial charge in [-0.25, -0.2) is 0 Å². The van der Waals surface area contributed by atoms with Crippen LogP contribution in [0.2, 0.25) is 0 Å². The molecule has 0 N–H and O–H groups in total. The molecule has 1 aromatic rings. The molecule has 0 fully saturated rings. The molecule has 1 rings (SSSR count). The molecule has 0 aliphatic heterocycles. The van der Waals surface area contributed by atoms with Gasteiger partial charge in [0.25, 0.3) is 0 Å². The van der Waals surface area contributed by atoms with Gasteiger partial charge in [-0.2, -0.15) is 0 Å². The Bertz CT molecular complexity index is 306. The second-order valence-corrected chi connectivity index (χ2v) is 4.70. The first kappa shape index (κ1) is 15.0. The third kappa shape index (κ3) is 4.16. The molecule has 15 heavy (non-hydrogen) atoms. The molecule has 0 bridgehead atoms. The molecule has 0 saturated heterocycles. The van der Waals surface area contributed by atoms with E-state index < -0.39 is 7.60 Å². The Hall–Kier alpha value is -0.00662. The van der Waals surface area contributed by atoms with Crippen LogP contribution in [0, 0.1) is 0 Å². The van der Waals surface area contributed by atoms with Crippen molar-refractivity contribution in [3.8, 4) is 0 Å². The summed E-state index contributed by atoms with van der Waals surface area (Å²) in [7, 11) is -3.07. The fourth-order valence-corrected chi connectivity index (χ4v) is 2.73. The zero-order chi connectivity index (χ0) is 10.4. The molecule has 0 aromatic heterocycles. The summed E-state index contributed by atoms with van der Waals surface area (Å²) >= 11 is 0. The predicted octanol–water partition coefficient (Wildman–Crippen LogP) is 2.58. The first-order chi connectivity index (χ1) is 6.73. The van der Waals surface area contributed by atoms with Crippen molar-refractivity contribution in [1.82, 2.24) is 0 Å². The van der Waals surface area contributed by atoms with Crippen LogP contribution < -0.4 is 5.30 Å². The fraction of sp³-hybridized carbons (Fsp3) is 0.400. The Labute approximate surface area is 103 Å². The molecule has 0 aliphatic rings. The Morgan fingerprint density at radius 2 is 1.53 bits per heavy atom. The summed E-state index contributed by atoms with van der Waals surface area (Å²) in [6.45, 7) is 4.36. The van der Waals surface area contributed by atoms with E-state index in [1.165, 1.54) is 0 Å². The van der Waals surface area contributed by atoms with Crippen molar-refractivity contribution in [3.63, 3.8) is 0 Å². The maximum atomic E-state index is 12.2. The molecule has 3 nitrogen and oxygen atoms in total. The summed E-state index contributed by atoms with van der Waals surface area (Å²) in [6.07, 6.45) is 0. The molecule has 0 amide bonds. The van der Waals surface area contributed by atoms with E-state index in [2.05, 4.69) is 0 Å². The summed E-state index contributed by atoms with van der Waals surface area (Å²) in [4.78, 5) is 0. The molecule has 0 saturated carbocycles. The Balaban J connectivity index is 0.00000196. The minimum atomic E-state index is -3.07. The van der Waals surface area contributed by atoms with Crippen LogP contribution in [0.5, 0.6) is 0 Å². The van der Waals surface area contributed by atoms with Gasteiger partial charge in [-0.05, 0) is 26.0 Å². The zero-order valence-electron chi connectivity index (χ0n) is 9.18. The van der Waals surface area contributed by atoms with Gasteiger partial charge in [-0.3, -0.25) is 4.57 Å². The van der Waals surface area contributed by atoms with Crippen LogP contribution >= 0.6 is 7.60 Å². The van der Waals surface area contributed by atoms with Crippen molar-refractivity contribution in [2.75, 3.05) is 13.2 Å². The normalized spacial score (nSPS) is 10.8.